The van der Waals surface area contributed by atoms with Crippen LogP contribution in [-0.4, -0.2) is 12.6 Å². The predicted molar refractivity (Wildman–Crippen MR) is 77.6 cm³/mol. The molecule has 2 rings (SSSR count). The van der Waals surface area contributed by atoms with Crippen LogP contribution in [0.25, 0.3) is 0 Å². The zero-order chi connectivity index (χ0) is 12.3. The quantitative estimate of drug-likeness (QED) is 0.828. The molecule has 1 N–H and O–H groups in total. The first kappa shape index (κ1) is 13.1. The van der Waals surface area contributed by atoms with Gasteiger partial charge in [0.1, 0.15) is 12.4 Å². The van der Waals surface area contributed by atoms with Crippen LogP contribution in [0.4, 0.5) is 0 Å². The molecule has 2 nitrogen and oxygen atoms in total. The highest BCUT2D eigenvalue weighted by molar-refractivity contribution is 9.11. The summed E-state index contributed by atoms with van der Waals surface area (Å²) < 4.78 is 7.58. The van der Waals surface area contributed by atoms with Gasteiger partial charge in [0.2, 0.25) is 0 Å². The normalized spacial score (nSPS) is 14.7. The third kappa shape index (κ3) is 4.12. The number of benzene rings is 1. The average molecular weight is 361 g/mol. The van der Waals surface area contributed by atoms with Gasteiger partial charge in [0.05, 0.1) is 4.47 Å². The molecule has 0 bridgehead atoms. The molecule has 17 heavy (non-hydrogen) atoms. The number of hydrogen-bond acceptors (Lipinski definition) is 2. The van der Waals surface area contributed by atoms with E-state index in [4.69, 9.17) is 4.74 Å². The summed E-state index contributed by atoms with van der Waals surface area (Å²) in [5.41, 5.74) is 1.18. The second-order valence-electron chi connectivity index (χ2n) is 4.19. The van der Waals surface area contributed by atoms with E-state index >= 15 is 0 Å². The van der Waals surface area contributed by atoms with Gasteiger partial charge < -0.3 is 10.1 Å². The Labute approximate surface area is 119 Å². The summed E-state index contributed by atoms with van der Waals surface area (Å²) >= 11 is 6.82. The van der Waals surface area contributed by atoms with E-state index in [9.17, 15) is 0 Å². The maximum Gasteiger partial charge on any atom is 0.138 e. The molecule has 1 aliphatic rings. The van der Waals surface area contributed by atoms with E-state index < -0.39 is 0 Å². The highest BCUT2D eigenvalue weighted by Crippen LogP contribution is 2.30. The summed E-state index contributed by atoms with van der Waals surface area (Å²) in [5, 5.41) is 3.49. The fraction of sp³-hybridized carbons (Fsp3) is 0.385. The summed E-state index contributed by atoms with van der Waals surface area (Å²) in [6.45, 7) is 5.11. The molecule has 1 saturated carbocycles. The van der Waals surface area contributed by atoms with Gasteiger partial charge in [0, 0.05) is 22.6 Å². The largest absolute Gasteiger partial charge is 0.487 e. The molecule has 0 aromatic heterocycles. The molecule has 0 amide bonds. The van der Waals surface area contributed by atoms with Crippen molar-refractivity contribution in [3.05, 3.63) is 39.3 Å². The van der Waals surface area contributed by atoms with Crippen LogP contribution in [-0.2, 0) is 6.54 Å². The Bertz CT molecular complexity index is 416. The lowest BCUT2D eigenvalue weighted by Crippen LogP contribution is -2.16. The van der Waals surface area contributed by atoms with Crippen molar-refractivity contribution in [2.75, 3.05) is 6.61 Å². The van der Waals surface area contributed by atoms with Crippen LogP contribution in [0, 0.1) is 0 Å². The van der Waals surface area contributed by atoms with Crippen molar-refractivity contribution in [1.29, 1.82) is 0 Å². The molecule has 0 unspecified atom stereocenters. The minimum atomic E-state index is 0.485. The van der Waals surface area contributed by atoms with E-state index in [2.05, 4.69) is 49.8 Å². The monoisotopic (exact) mass is 359 g/mol. The van der Waals surface area contributed by atoms with Crippen LogP contribution < -0.4 is 10.1 Å². The zero-order valence-corrected chi connectivity index (χ0v) is 12.7. The lowest BCUT2D eigenvalue weighted by atomic mass is 10.2. The number of ether oxygens (including phenoxy) is 1. The van der Waals surface area contributed by atoms with Gasteiger partial charge in [0.25, 0.3) is 0 Å². The van der Waals surface area contributed by atoms with E-state index in [0.717, 1.165) is 21.2 Å². The SMILES string of the molecule is C=C(Br)COc1c(Br)cccc1CNC1CC1. The van der Waals surface area contributed by atoms with Crippen molar-refractivity contribution in [2.24, 2.45) is 0 Å². The molecular formula is C13H15Br2NO. The van der Waals surface area contributed by atoms with Crippen molar-refractivity contribution in [3.8, 4) is 5.75 Å². The first-order valence-electron chi connectivity index (χ1n) is 5.63. The third-order valence-corrected chi connectivity index (χ3v) is 3.43. The molecule has 0 aliphatic heterocycles. The van der Waals surface area contributed by atoms with Crippen molar-refractivity contribution in [2.45, 2.75) is 25.4 Å². The number of hydrogen-bond donors (Lipinski definition) is 1. The Balaban J connectivity index is 2.05. The molecule has 0 saturated heterocycles. The number of rotatable bonds is 6. The maximum atomic E-state index is 5.75. The molecule has 92 valence electrons. The second-order valence-corrected chi connectivity index (χ2v) is 6.17. The summed E-state index contributed by atoms with van der Waals surface area (Å²) in [6, 6.07) is 6.82. The Morgan fingerprint density at radius 3 is 2.88 bits per heavy atom. The van der Waals surface area contributed by atoms with Crippen LogP contribution in [0.1, 0.15) is 18.4 Å². The van der Waals surface area contributed by atoms with Gasteiger partial charge >= 0.3 is 0 Å². The Hall–Kier alpha value is -0.320. The van der Waals surface area contributed by atoms with E-state index in [1.165, 1.54) is 18.4 Å². The topological polar surface area (TPSA) is 21.3 Å². The molecule has 1 aromatic rings. The van der Waals surface area contributed by atoms with Gasteiger partial charge in [-0.3, -0.25) is 0 Å². The number of halogens is 2. The van der Waals surface area contributed by atoms with Gasteiger partial charge in [-0.2, -0.15) is 0 Å². The summed E-state index contributed by atoms with van der Waals surface area (Å²) in [4.78, 5) is 0. The molecule has 1 aromatic carbocycles. The van der Waals surface area contributed by atoms with Crippen LogP contribution in [0.5, 0.6) is 5.75 Å². The van der Waals surface area contributed by atoms with Crippen LogP contribution in [0.15, 0.2) is 33.7 Å². The Kier molecular flexibility index (Phi) is 4.65. The van der Waals surface area contributed by atoms with Crippen LogP contribution >= 0.6 is 31.9 Å². The molecule has 0 spiro atoms. The lowest BCUT2D eigenvalue weighted by molar-refractivity contribution is 0.353. The van der Waals surface area contributed by atoms with E-state index in [1.807, 2.05) is 12.1 Å². The first-order valence-corrected chi connectivity index (χ1v) is 7.22. The van der Waals surface area contributed by atoms with E-state index in [0.29, 0.717) is 12.6 Å². The second kappa shape index (κ2) is 6.03. The smallest absolute Gasteiger partial charge is 0.138 e. The minimum Gasteiger partial charge on any atom is -0.487 e. The van der Waals surface area contributed by atoms with Crippen LogP contribution in [0.3, 0.4) is 0 Å². The average Bonchev–Trinajstić information content (AvgIpc) is 3.08. The van der Waals surface area contributed by atoms with E-state index in [-0.39, 0.29) is 0 Å². The Morgan fingerprint density at radius 2 is 2.24 bits per heavy atom. The van der Waals surface area contributed by atoms with Gasteiger partial charge in [0.15, 0.2) is 0 Å². The number of para-hydroxylation sites is 1. The first-order chi connectivity index (χ1) is 8.16. The molecule has 4 heteroatoms. The highest BCUT2D eigenvalue weighted by Gasteiger charge is 2.20. The van der Waals surface area contributed by atoms with Gasteiger partial charge in [-0.15, -0.1) is 0 Å². The molecule has 0 heterocycles. The van der Waals surface area contributed by atoms with Gasteiger partial charge in [-0.1, -0.05) is 34.6 Å². The predicted octanol–water partition coefficient (Wildman–Crippen LogP) is 3.99. The highest BCUT2D eigenvalue weighted by atomic mass is 79.9. The molecule has 1 fully saturated rings. The summed E-state index contributed by atoms with van der Waals surface area (Å²) in [6.07, 6.45) is 2.59. The van der Waals surface area contributed by atoms with Crippen molar-refractivity contribution >= 4 is 31.9 Å². The lowest BCUT2D eigenvalue weighted by Gasteiger charge is -2.13. The maximum absolute atomic E-state index is 5.75. The molecule has 1 aliphatic carbocycles. The molecule has 0 radical (unpaired) electrons. The minimum absolute atomic E-state index is 0.485. The van der Waals surface area contributed by atoms with Crippen LogP contribution in [0.2, 0.25) is 0 Å². The van der Waals surface area contributed by atoms with Crippen molar-refractivity contribution in [3.63, 3.8) is 0 Å². The van der Waals surface area contributed by atoms with Crippen molar-refractivity contribution in [1.82, 2.24) is 5.32 Å². The molecule has 0 atom stereocenters. The number of nitrogens with one attached hydrogen (secondary N) is 1. The third-order valence-electron chi connectivity index (χ3n) is 2.58. The Morgan fingerprint density at radius 1 is 1.47 bits per heavy atom. The van der Waals surface area contributed by atoms with E-state index in [1.54, 1.807) is 0 Å². The summed E-state index contributed by atoms with van der Waals surface area (Å²) in [5.74, 6) is 0.904. The fourth-order valence-corrected chi connectivity index (χ4v) is 2.18. The van der Waals surface area contributed by atoms with Crippen molar-refractivity contribution < 1.29 is 4.74 Å². The fourth-order valence-electron chi connectivity index (χ4n) is 1.55. The standard InChI is InChI=1S/C13H15Br2NO/c1-9(14)8-17-13-10(3-2-4-12(13)15)7-16-11-5-6-11/h2-4,11,16H,1,5-8H2. The molecular weight excluding hydrogens is 346 g/mol. The van der Waals surface area contributed by atoms with Gasteiger partial charge in [-0.05, 0) is 34.8 Å². The zero-order valence-electron chi connectivity index (χ0n) is 9.51. The van der Waals surface area contributed by atoms with Gasteiger partial charge in [-0.25, -0.2) is 0 Å². The summed E-state index contributed by atoms with van der Waals surface area (Å²) in [7, 11) is 0.